The van der Waals surface area contributed by atoms with Crippen molar-refractivity contribution in [3.8, 4) is 5.88 Å². The van der Waals surface area contributed by atoms with E-state index in [1.807, 2.05) is 24.0 Å². The van der Waals surface area contributed by atoms with Crippen LogP contribution in [0.1, 0.15) is 22.5 Å². The second-order valence-electron chi connectivity index (χ2n) is 5.73. The molecular weight excluding hydrogens is 306 g/mol. The Morgan fingerprint density at radius 1 is 1.12 bits per heavy atom. The molecular formula is C17H21N5O2. The number of hydrogen-bond donors (Lipinski definition) is 0. The first-order valence-electron chi connectivity index (χ1n) is 8.02. The molecule has 2 aromatic heterocycles. The van der Waals surface area contributed by atoms with Gasteiger partial charge in [-0.05, 0) is 37.6 Å². The quantitative estimate of drug-likeness (QED) is 0.851. The summed E-state index contributed by atoms with van der Waals surface area (Å²) in [6, 6.07) is 7.44. The molecule has 1 fully saturated rings. The Bertz CT molecular complexity index is 704. The van der Waals surface area contributed by atoms with Gasteiger partial charge in [0.2, 0.25) is 5.88 Å². The van der Waals surface area contributed by atoms with E-state index in [0.717, 1.165) is 31.0 Å². The molecule has 24 heavy (non-hydrogen) atoms. The second-order valence-corrected chi connectivity index (χ2v) is 5.73. The van der Waals surface area contributed by atoms with E-state index >= 15 is 0 Å². The molecule has 0 atom stereocenters. The summed E-state index contributed by atoms with van der Waals surface area (Å²) in [5.74, 6) is 1.18. The first-order chi connectivity index (χ1) is 11.7. The number of methoxy groups -OCH3 is 1. The summed E-state index contributed by atoms with van der Waals surface area (Å²) in [5.41, 5.74) is 1.40. The van der Waals surface area contributed by atoms with Gasteiger partial charge in [-0.1, -0.05) is 0 Å². The number of rotatable bonds is 3. The van der Waals surface area contributed by atoms with Crippen molar-refractivity contribution in [1.82, 2.24) is 20.1 Å². The number of carbonyl (C=O) groups excluding carboxylic acids is 1. The summed E-state index contributed by atoms with van der Waals surface area (Å²) in [6.07, 6.45) is 2.50. The lowest BCUT2D eigenvalue weighted by Gasteiger charge is -2.23. The number of ether oxygens (including phenoxy) is 1. The Kier molecular flexibility index (Phi) is 4.88. The summed E-state index contributed by atoms with van der Waals surface area (Å²) in [4.78, 5) is 20.9. The normalized spacial score (nSPS) is 15.1. The van der Waals surface area contributed by atoms with Gasteiger partial charge < -0.3 is 14.5 Å². The van der Waals surface area contributed by atoms with Gasteiger partial charge in [-0.2, -0.15) is 5.10 Å². The Hall–Kier alpha value is -2.70. The van der Waals surface area contributed by atoms with E-state index in [1.54, 1.807) is 18.3 Å². The van der Waals surface area contributed by atoms with Gasteiger partial charge in [0.15, 0.2) is 5.82 Å². The van der Waals surface area contributed by atoms with E-state index in [4.69, 9.17) is 4.74 Å². The number of amides is 1. The third-order valence-electron chi connectivity index (χ3n) is 4.09. The van der Waals surface area contributed by atoms with Gasteiger partial charge in [0, 0.05) is 32.4 Å². The van der Waals surface area contributed by atoms with Crippen molar-refractivity contribution in [2.24, 2.45) is 0 Å². The van der Waals surface area contributed by atoms with Crippen molar-refractivity contribution < 1.29 is 9.53 Å². The summed E-state index contributed by atoms with van der Waals surface area (Å²) >= 11 is 0. The molecule has 3 rings (SSSR count). The number of pyridine rings is 1. The number of anilines is 1. The van der Waals surface area contributed by atoms with Crippen molar-refractivity contribution in [2.45, 2.75) is 13.3 Å². The van der Waals surface area contributed by atoms with Crippen LogP contribution in [0.5, 0.6) is 5.88 Å². The lowest BCUT2D eigenvalue weighted by atomic mass is 10.2. The number of carbonyl (C=O) groups is 1. The minimum atomic E-state index is -0.0446. The lowest BCUT2D eigenvalue weighted by Crippen LogP contribution is -2.35. The van der Waals surface area contributed by atoms with Crippen LogP contribution in [0, 0.1) is 6.92 Å². The van der Waals surface area contributed by atoms with Crippen LogP contribution in [-0.4, -0.2) is 59.3 Å². The van der Waals surface area contributed by atoms with Gasteiger partial charge in [-0.25, -0.2) is 4.98 Å². The molecule has 0 radical (unpaired) electrons. The van der Waals surface area contributed by atoms with Crippen LogP contribution in [0.4, 0.5) is 5.82 Å². The Morgan fingerprint density at radius 3 is 2.75 bits per heavy atom. The second kappa shape index (κ2) is 7.25. The molecule has 1 amide bonds. The van der Waals surface area contributed by atoms with Gasteiger partial charge in [-0.3, -0.25) is 4.79 Å². The molecule has 0 aromatic carbocycles. The molecule has 0 spiro atoms. The van der Waals surface area contributed by atoms with Crippen LogP contribution >= 0.6 is 0 Å². The zero-order valence-electron chi connectivity index (χ0n) is 14.0. The SMILES string of the molecule is COc1ncccc1C(=O)N1CCCN(c2ccc(C)nn2)CC1. The molecule has 1 aliphatic rings. The van der Waals surface area contributed by atoms with E-state index in [-0.39, 0.29) is 5.91 Å². The fourth-order valence-corrected chi connectivity index (χ4v) is 2.80. The Morgan fingerprint density at radius 2 is 2.00 bits per heavy atom. The van der Waals surface area contributed by atoms with Gasteiger partial charge in [-0.15, -0.1) is 5.10 Å². The zero-order chi connectivity index (χ0) is 16.9. The van der Waals surface area contributed by atoms with Crippen molar-refractivity contribution >= 4 is 11.7 Å². The highest BCUT2D eigenvalue weighted by molar-refractivity contribution is 5.96. The van der Waals surface area contributed by atoms with Gasteiger partial charge in [0.05, 0.1) is 12.8 Å². The topological polar surface area (TPSA) is 71.5 Å². The predicted octanol–water partition coefficient (Wildman–Crippen LogP) is 1.54. The minimum Gasteiger partial charge on any atom is -0.480 e. The monoisotopic (exact) mass is 327 g/mol. The molecule has 1 aliphatic heterocycles. The van der Waals surface area contributed by atoms with E-state index in [9.17, 15) is 4.79 Å². The van der Waals surface area contributed by atoms with Crippen LogP contribution in [0.15, 0.2) is 30.5 Å². The average molecular weight is 327 g/mol. The third kappa shape index (κ3) is 3.45. The Balaban J connectivity index is 1.71. The molecule has 2 aromatic rings. The zero-order valence-corrected chi connectivity index (χ0v) is 14.0. The highest BCUT2D eigenvalue weighted by atomic mass is 16.5. The largest absolute Gasteiger partial charge is 0.480 e. The molecule has 0 bridgehead atoms. The molecule has 0 unspecified atom stereocenters. The number of nitrogens with zero attached hydrogens (tertiary/aromatic N) is 5. The molecule has 3 heterocycles. The van der Waals surface area contributed by atoms with Crippen LogP contribution in [0.2, 0.25) is 0 Å². The number of hydrogen-bond acceptors (Lipinski definition) is 6. The summed E-state index contributed by atoms with van der Waals surface area (Å²) in [5, 5.41) is 8.35. The van der Waals surface area contributed by atoms with E-state index in [1.165, 1.54) is 7.11 Å². The van der Waals surface area contributed by atoms with Crippen LogP contribution in [0.3, 0.4) is 0 Å². The van der Waals surface area contributed by atoms with Gasteiger partial charge in [0.1, 0.15) is 5.56 Å². The summed E-state index contributed by atoms with van der Waals surface area (Å²) in [6.45, 7) is 4.83. The average Bonchev–Trinajstić information content (AvgIpc) is 2.88. The standard InChI is InChI=1S/C17H21N5O2/c1-13-6-7-15(20-19-13)21-9-4-10-22(12-11-21)17(23)14-5-3-8-18-16(14)24-2/h3,5-8H,4,9-12H2,1-2H3. The molecule has 0 N–H and O–H groups in total. The van der Waals surface area contributed by atoms with Crippen molar-refractivity contribution in [1.29, 1.82) is 0 Å². The van der Waals surface area contributed by atoms with Crippen LogP contribution in [-0.2, 0) is 0 Å². The van der Waals surface area contributed by atoms with Gasteiger partial charge >= 0.3 is 0 Å². The highest BCUT2D eigenvalue weighted by Gasteiger charge is 2.23. The molecule has 7 heteroatoms. The summed E-state index contributed by atoms with van der Waals surface area (Å²) < 4.78 is 5.20. The van der Waals surface area contributed by atoms with E-state index in [0.29, 0.717) is 24.5 Å². The molecule has 1 saturated heterocycles. The first-order valence-corrected chi connectivity index (χ1v) is 8.02. The van der Waals surface area contributed by atoms with Crippen LogP contribution in [0.25, 0.3) is 0 Å². The van der Waals surface area contributed by atoms with Crippen molar-refractivity contribution in [2.75, 3.05) is 38.2 Å². The molecule has 0 saturated carbocycles. The van der Waals surface area contributed by atoms with E-state index in [2.05, 4.69) is 20.1 Å². The minimum absolute atomic E-state index is 0.0446. The first kappa shape index (κ1) is 16.2. The van der Waals surface area contributed by atoms with E-state index < -0.39 is 0 Å². The van der Waals surface area contributed by atoms with Gasteiger partial charge in [0.25, 0.3) is 5.91 Å². The molecule has 7 nitrogen and oxygen atoms in total. The fraction of sp³-hybridized carbons (Fsp3) is 0.412. The smallest absolute Gasteiger partial charge is 0.259 e. The predicted molar refractivity (Wildman–Crippen MR) is 90.3 cm³/mol. The molecule has 0 aliphatic carbocycles. The maximum absolute atomic E-state index is 12.8. The highest BCUT2D eigenvalue weighted by Crippen LogP contribution is 2.19. The number of aryl methyl sites for hydroxylation is 1. The fourth-order valence-electron chi connectivity index (χ4n) is 2.80. The maximum Gasteiger partial charge on any atom is 0.259 e. The third-order valence-corrected chi connectivity index (χ3v) is 4.09. The van der Waals surface area contributed by atoms with Crippen molar-refractivity contribution in [3.63, 3.8) is 0 Å². The lowest BCUT2D eigenvalue weighted by molar-refractivity contribution is 0.0762. The Labute approximate surface area is 141 Å². The maximum atomic E-state index is 12.8. The molecule has 126 valence electrons. The van der Waals surface area contributed by atoms with Crippen LogP contribution < -0.4 is 9.64 Å². The summed E-state index contributed by atoms with van der Waals surface area (Å²) in [7, 11) is 1.53. The number of aromatic nitrogens is 3. The van der Waals surface area contributed by atoms with Crippen molar-refractivity contribution in [3.05, 3.63) is 41.7 Å².